The van der Waals surface area contributed by atoms with Crippen LogP contribution in [-0.2, 0) is 9.53 Å². The molecule has 19 heavy (non-hydrogen) atoms. The van der Waals surface area contributed by atoms with Crippen molar-refractivity contribution < 1.29 is 9.53 Å². The smallest absolute Gasteiger partial charge is 0.307 e. The van der Waals surface area contributed by atoms with Crippen LogP contribution in [0.1, 0.15) is 6.42 Å². The summed E-state index contributed by atoms with van der Waals surface area (Å²) in [5.41, 5.74) is 0. The first-order chi connectivity index (χ1) is 9.17. The molecular weight excluding hydrogens is 302 g/mol. The molecule has 0 aromatic heterocycles. The van der Waals surface area contributed by atoms with Gasteiger partial charge in [0.2, 0.25) is 0 Å². The fourth-order valence-electron chi connectivity index (χ4n) is 1.61. The Hall–Kier alpha value is -0.650. The molecule has 0 saturated heterocycles. The van der Waals surface area contributed by atoms with Crippen molar-refractivity contribution in [2.75, 3.05) is 18.6 Å². The molecule has 0 fully saturated rings. The Morgan fingerprint density at radius 1 is 1.53 bits per heavy atom. The number of carbonyl (C=O) groups excluding carboxylic acids is 1. The maximum absolute atomic E-state index is 11.2. The highest BCUT2D eigenvalue weighted by atomic mass is 35.5. The molecule has 102 valence electrons. The van der Waals surface area contributed by atoms with Gasteiger partial charge in [0.25, 0.3) is 0 Å². The van der Waals surface area contributed by atoms with Gasteiger partial charge >= 0.3 is 5.97 Å². The molecule has 0 spiro atoms. The molecule has 1 unspecified atom stereocenters. The lowest BCUT2D eigenvalue weighted by Crippen LogP contribution is -2.12. The van der Waals surface area contributed by atoms with Gasteiger partial charge in [-0.25, -0.2) is 0 Å². The Morgan fingerprint density at radius 2 is 2.26 bits per heavy atom. The fraction of sp³-hybridized carbons (Fsp3) is 0.385. The van der Waals surface area contributed by atoms with E-state index in [0.717, 1.165) is 21.6 Å². The first-order valence-corrected chi connectivity index (χ1v) is 8.17. The average Bonchev–Trinajstić information content (AvgIpc) is 2.85. The number of carbonyl (C=O) groups is 1. The normalized spacial score (nSPS) is 18.2. The van der Waals surface area contributed by atoms with E-state index in [1.165, 1.54) is 12.0 Å². The number of esters is 1. The summed E-state index contributed by atoms with van der Waals surface area (Å²) in [7, 11) is 1.41. The van der Waals surface area contributed by atoms with Gasteiger partial charge in [-0.1, -0.05) is 11.6 Å². The Balaban J connectivity index is 1.82. The second kappa shape index (κ2) is 7.22. The predicted molar refractivity (Wildman–Crippen MR) is 82.5 cm³/mol. The lowest BCUT2D eigenvalue weighted by molar-refractivity contribution is -0.140. The van der Waals surface area contributed by atoms with Crippen LogP contribution in [-0.4, -0.2) is 35.7 Å². The maximum atomic E-state index is 11.2. The van der Waals surface area contributed by atoms with Crippen molar-refractivity contribution in [1.82, 2.24) is 0 Å². The minimum atomic E-state index is -0.194. The van der Waals surface area contributed by atoms with E-state index in [1.807, 2.05) is 24.3 Å². The summed E-state index contributed by atoms with van der Waals surface area (Å²) in [5.74, 6) is 1.51. The van der Waals surface area contributed by atoms with Crippen molar-refractivity contribution in [3.05, 3.63) is 29.3 Å². The lowest BCUT2D eigenvalue weighted by Gasteiger charge is -2.02. The van der Waals surface area contributed by atoms with Gasteiger partial charge in [0.05, 0.1) is 24.6 Å². The minimum absolute atomic E-state index is 0.0678. The monoisotopic (exact) mass is 315 g/mol. The van der Waals surface area contributed by atoms with Crippen LogP contribution in [0.5, 0.6) is 0 Å². The van der Waals surface area contributed by atoms with Gasteiger partial charge in [-0.2, -0.15) is 0 Å². The quantitative estimate of drug-likeness (QED) is 0.615. The number of benzene rings is 1. The second-order valence-corrected chi connectivity index (χ2v) is 6.59. The van der Waals surface area contributed by atoms with Gasteiger partial charge in [-0.15, -0.1) is 23.5 Å². The van der Waals surface area contributed by atoms with Gasteiger partial charge < -0.3 is 4.74 Å². The van der Waals surface area contributed by atoms with Gasteiger partial charge in [0.15, 0.2) is 0 Å². The van der Waals surface area contributed by atoms with Crippen LogP contribution in [0.2, 0.25) is 5.02 Å². The van der Waals surface area contributed by atoms with E-state index in [1.54, 1.807) is 23.5 Å². The molecule has 0 radical (unpaired) electrons. The fourth-order valence-corrected chi connectivity index (χ4v) is 3.74. The molecule has 0 aliphatic carbocycles. The maximum Gasteiger partial charge on any atom is 0.307 e. The van der Waals surface area contributed by atoms with Crippen LogP contribution in [0.25, 0.3) is 0 Å². The van der Waals surface area contributed by atoms with Crippen molar-refractivity contribution in [3.63, 3.8) is 0 Å². The van der Waals surface area contributed by atoms with Gasteiger partial charge in [0, 0.05) is 21.4 Å². The summed E-state index contributed by atoms with van der Waals surface area (Å²) in [6, 6.07) is 7.83. The first kappa shape index (κ1) is 14.8. The molecule has 1 aliphatic heterocycles. The van der Waals surface area contributed by atoms with Crippen molar-refractivity contribution in [2.45, 2.75) is 17.4 Å². The molecule has 0 amide bonds. The SMILES string of the molecule is COC(=O)CC1CSC(CSc2ccc(Cl)cc2)=N1. The van der Waals surface area contributed by atoms with Gasteiger partial charge in [-0.05, 0) is 24.3 Å². The third kappa shape index (κ3) is 4.75. The number of hydrogen-bond donors (Lipinski definition) is 0. The number of methoxy groups -OCH3 is 1. The van der Waals surface area contributed by atoms with Crippen LogP contribution in [0, 0.1) is 0 Å². The van der Waals surface area contributed by atoms with E-state index < -0.39 is 0 Å². The largest absolute Gasteiger partial charge is 0.469 e. The molecule has 6 heteroatoms. The highest BCUT2D eigenvalue weighted by molar-refractivity contribution is 8.16. The van der Waals surface area contributed by atoms with E-state index in [2.05, 4.69) is 9.73 Å². The Labute approximate surface area is 126 Å². The van der Waals surface area contributed by atoms with Crippen molar-refractivity contribution in [3.8, 4) is 0 Å². The first-order valence-electron chi connectivity index (χ1n) is 5.82. The lowest BCUT2D eigenvalue weighted by atomic mass is 10.2. The number of aliphatic imine (C=N–C) groups is 1. The zero-order valence-corrected chi connectivity index (χ0v) is 12.9. The van der Waals surface area contributed by atoms with E-state index in [0.29, 0.717) is 6.42 Å². The number of rotatable bonds is 5. The molecule has 0 bridgehead atoms. The van der Waals surface area contributed by atoms with E-state index in [9.17, 15) is 4.79 Å². The number of ether oxygens (including phenoxy) is 1. The van der Waals surface area contributed by atoms with Gasteiger partial charge in [-0.3, -0.25) is 9.79 Å². The van der Waals surface area contributed by atoms with Gasteiger partial charge in [0.1, 0.15) is 0 Å². The summed E-state index contributed by atoms with van der Waals surface area (Å²) in [6.07, 6.45) is 0.374. The number of halogens is 1. The molecule has 1 aromatic rings. The van der Waals surface area contributed by atoms with Crippen LogP contribution in [0.4, 0.5) is 0 Å². The molecule has 0 saturated carbocycles. The summed E-state index contributed by atoms with van der Waals surface area (Å²) < 4.78 is 4.65. The molecule has 3 nitrogen and oxygen atoms in total. The van der Waals surface area contributed by atoms with E-state index in [4.69, 9.17) is 11.6 Å². The van der Waals surface area contributed by atoms with Crippen molar-refractivity contribution in [1.29, 1.82) is 0 Å². The van der Waals surface area contributed by atoms with Crippen LogP contribution in [0.15, 0.2) is 34.2 Å². The zero-order chi connectivity index (χ0) is 13.7. The average molecular weight is 316 g/mol. The van der Waals surface area contributed by atoms with Crippen molar-refractivity contribution in [2.24, 2.45) is 4.99 Å². The Morgan fingerprint density at radius 3 is 2.95 bits per heavy atom. The number of nitrogens with zero attached hydrogens (tertiary/aromatic N) is 1. The van der Waals surface area contributed by atoms with E-state index in [-0.39, 0.29) is 12.0 Å². The third-order valence-electron chi connectivity index (χ3n) is 2.57. The van der Waals surface area contributed by atoms with Crippen LogP contribution >= 0.6 is 35.1 Å². The molecule has 1 atom stereocenters. The molecule has 1 aromatic carbocycles. The molecule has 1 heterocycles. The molecule has 0 N–H and O–H groups in total. The number of thioether (sulfide) groups is 2. The summed E-state index contributed by atoms with van der Waals surface area (Å²) in [4.78, 5) is 16.9. The Bertz CT molecular complexity index is 476. The molecule has 2 rings (SSSR count). The highest BCUT2D eigenvalue weighted by Gasteiger charge is 2.21. The molecule has 1 aliphatic rings. The van der Waals surface area contributed by atoms with Crippen molar-refractivity contribution >= 4 is 46.1 Å². The third-order valence-corrected chi connectivity index (χ3v) is 5.17. The number of hydrogen-bond acceptors (Lipinski definition) is 5. The predicted octanol–water partition coefficient (Wildman–Crippen LogP) is 3.51. The van der Waals surface area contributed by atoms with Crippen LogP contribution in [0.3, 0.4) is 0 Å². The second-order valence-electron chi connectivity index (χ2n) is 4.01. The Kier molecular flexibility index (Phi) is 5.60. The molecular formula is C13H14ClNO2S2. The topological polar surface area (TPSA) is 38.7 Å². The van der Waals surface area contributed by atoms with E-state index >= 15 is 0 Å². The van der Waals surface area contributed by atoms with Crippen LogP contribution < -0.4 is 0 Å². The summed E-state index contributed by atoms with van der Waals surface area (Å²) >= 11 is 9.29. The summed E-state index contributed by atoms with van der Waals surface area (Å²) in [6.45, 7) is 0. The summed E-state index contributed by atoms with van der Waals surface area (Å²) in [5, 5.41) is 1.84. The minimum Gasteiger partial charge on any atom is -0.469 e. The standard InChI is InChI=1S/C13H14ClNO2S2/c1-17-13(16)6-10-7-19-12(15-10)8-18-11-4-2-9(14)3-5-11/h2-5,10H,6-8H2,1H3. The zero-order valence-electron chi connectivity index (χ0n) is 10.5. The highest BCUT2D eigenvalue weighted by Crippen LogP contribution is 2.27.